The topological polar surface area (TPSA) is 31.9 Å². The first-order chi connectivity index (χ1) is 9.22. The van der Waals surface area contributed by atoms with Crippen LogP contribution in [-0.4, -0.2) is 21.6 Å². The van der Waals surface area contributed by atoms with Crippen molar-refractivity contribution in [3.63, 3.8) is 0 Å². The second-order valence-electron chi connectivity index (χ2n) is 4.92. The maximum absolute atomic E-state index is 13.2. The van der Waals surface area contributed by atoms with E-state index >= 15 is 0 Å². The average Bonchev–Trinajstić information content (AvgIpc) is 2.96. The van der Waals surface area contributed by atoms with E-state index in [9.17, 15) is 8.78 Å². The molecule has 0 bridgehead atoms. The molecule has 3 rings (SSSR count). The molecule has 1 aromatic heterocycles. The van der Waals surface area contributed by atoms with E-state index in [1.165, 1.54) is 12.1 Å². The molecule has 0 spiro atoms. The fraction of sp³-hybridized carbons (Fsp3) is 0.357. The van der Waals surface area contributed by atoms with Crippen molar-refractivity contribution in [3.05, 3.63) is 53.4 Å². The van der Waals surface area contributed by atoms with Crippen LogP contribution in [0.25, 0.3) is 0 Å². The molecule has 1 aliphatic heterocycles. The number of nitrogens with zero attached hydrogens (tertiary/aromatic N) is 2. The lowest BCUT2D eigenvalue weighted by Gasteiger charge is -2.23. The summed E-state index contributed by atoms with van der Waals surface area (Å²) in [5.74, 6) is -1.04. The summed E-state index contributed by atoms with van der Waals surface area (Å²) in [6, 6.07) is 5.90. The summed E-state index contributed by atoms with van der Waals surface area (Å²) in [5.41, 5.74) is 1.73. The molecule has 1 saturated heterocycles. The van der Waals surface area contributed by atoms with E-state index in [0.717, 1.165) is 31.1 Å². The highest BCUT2D eigenvalue weighted by Crippen LogP contribution is 2.31. The maximum atomic E-state index is 13.2. The van der Waals surface area contributed by atoms with Gasteiger partial charge in [-0.15, -0.1) is 0 Å². The van der Waals surface area contributed by atoms with E-state index in [-0.39, 0.29) is 6.04 Å². The first kappa shape index (κ1) is 12.3. The van der Waals surface area contributed by atoms with Gasteiger partial charge in [0.25, 0.3) is 0 Å². The van der Waals surface area contributed by atoms with E-state index in [2.05, 4.69) is 15.1 Å². The Morgan fingerprint density at radius 3 is 2.74 bits per heavy atom. The number of hydrogen-bond acceptors (Lipinski definition) is 2. The number of benzene rings is 1. The summed E-state index contributed by atoms with van der Waals surface area (Å²) in [5, 5.41) is 6.94. The SMILES string of the molecule is Fc1cc(F)cc(CN2CCC[C@@H]2c2ccn[nH]2)c1. The van der Waals surface area contributed by atoms with Crippen LogP contribution in [0.1, 0.15) is 30.1 Å². The lowest BCUT2D eigenvalue weighted by molar-refractivity contribution is 0.243. The molecule has 3 nitrogen and oxygen atoms in total. The van der Waals surface area contributed by atoms with Crippen molar-refractivity contribution < 1.29 is 8.78 Å². The van der Waals surface area contributed by atoms with Gasteiger partial charge in [0.1, 0.15) is 11.6 Å². The first-order valence-corrected chi connectivity index (χ1v) is 6.40. The molecule has 19 heavy (non-hydrogen) atoms. The van der Waals surface area contributed by atoms with Crippen LogP contribution in [0.3, 0.4) is 0 Å². The van der Waals surface area contributed by atoms with Crippen molar-refractivity contribution in [2.24, 2.45) is 0 Å². The van der Waals surface area contributed by atoms with Crippen LogP contribution in [0, 0.1) is 11.6 Å². The molecule has 0 aliphatic carbocycles. The van der Waals surface area contributed by atoms with Crippen molar-refractivity contribution in [2.75, 3.05) is 6.54 Å². The Morgan fingerprint density at radius 1 is 1.26 bits per heavy atom. The number of aromatic amines is 1. The molecule has 0 amide bonds. The van der Waals surface area contributed by atoms with Crippen molar-refractivity contribution >= 4 is 0 Å². The number of H-pyrrole nitrogens is 1. The Hall–Kier alpha value is -1.75. The molecule has 1 atom stereocenters. The summed E-state index contributed by atoms with van der Waals surface area (Å²) in [6.45, 7) is 1.49. The first-order valence-electron chi connectivity index (χ1n) is 6.40. The van der Waals surface area contributed by atoms with Gasteiger partial charge in [-0.3, -0.25) is 10.00 Å². The van der Waals surface area contributed by atoms with Crippen molar-refractivity contribution in [3.8, 4) is 0 Å². The molecule has 1 aliphatic rings. The highest BCUT2D eigenvalue weighted by Gasteiger charge is 2.27. The number of nitrogens with one attached hydrogen (secondary N) is 1. The molecule has 0 unspecified atom stereocenters. The largest absolute Gasteiger partial charge is 0.291 e. The van der Waals surface area contributed by atoms with Gasteiger partial charge in [0, 0.05) is 18.8 Å². The Kier molecular flexibility index (Phi) is 3.29. The van der Waals surface area contributed by atoms with Crippen LogP contribution < -0.4 is 0 Å². The van der Waals surface area contributed by atoms with Crippen molar-refractivity contribution in [1.82, 2.24) is 15.1 Å². The minimum absolute atomic E-state index is 0.258. The summed E-state index contributed by atoms with van der Waals surface area (Å²) in [6.07, 6.45) is 3.86. The fourth-order valence-corrected chi connectivity index (χ4v) is 2.76. The maximum Gasteiger partial charge on any atom is 0.126 e. The molecule has 1 aromatic carbocycles. The molecule has 1 N–H and O–H groups in total. The Balaban J connectivity index is 1.78. The second-order valence-corrected chi connectivity index (χ2v) is 4.92. The monoisotopic (exact) mass is 263 g/mol. The van der Waals surface area contributed by atoms with Crippen LogP contribution >= 0.6 is 0 Å². The molecule has 0 radical (unpaired) electrons. The standard InChI is InChI=1S/C14H15F2N3/c15-11-6-10(7-12(16)8-11)9-19-5-1-2-14(19)13-3-4-17-18-13/h3-4,6-8,14H,1-2,5,9H2,(H,17,18)/t14-/m1/s1. The number of hydrogen-bond donors (Lipinski definition) is 1. The molecular formula is C14H15F2N3. The van der Waals surface area contributed by atoms with Crippen LogP contribution in [-0.2, 0) is 6.54 Å². The van der Waals surface area contributed by atoms with Gasteiger partial charge in [-0.05, 0) is 43.1 Å². The lowest BCUT2D eigenvalue weighted by Crippen LogP contribution is -2.23. The Morgan fingerprint density at radius 2 is 2.05 bits per heavy atom. The zero-order valence-electron chi connectivity index (χ0n) is 10.4. The van der Waals surface area contributed by atoms with E-state index in [0.29, 0.717) is 12.1 Å². The third-order valence-electron chi connectivity index (χ3n) is 3.55. The summed E-state index contributed by atoms with van der Waals surface area (Å²) in [7, 11) is 0. The van der Waals surface area contributed by atoms with Gasteiger partial charge in [0.05, 0.1) is 11.7 Å². The minimum atomic E-state index is -0.521. The fourth-order valence-electron chi connectivity index (χ4n) is 2.76. The van der Waals surface area contributed by atoms with Gasteiger partial charge >= 0.3 is 0 Å². The molecular weight excluding hydrogens is 248 g/mol. The zero-order chi connectivity index (χ0) is 13.2. The highest BCUT2D eigenvalue weighted by atomic mass is 19.1. The zero-order valence-corrected chi connectivity index (χ0v) is 10.4. The Labute approximate surface area is 110 Å². The van der Waals surface area contributed by atoms with Crippen molar-refractivity contribution in [2.45, 2.75) is 25.4 Å². The predicted octanol–water partition coefficient (Wildman–Crippen LogP) is 3.03. The number of aromatic nitrogens is 2. The third-order valence-corrected chi connectivity index (χ3v) is 3.55. The van der Waals surface area contributed by atoms with Crippen LogP contribution in [0.5, 0.6) is 0 Å². The van der Waals surface area contributed by atoms with Gasteiger partial charge in [0.15, 0.2) is 0 Å². The summed E-state index contributed by atoms with van der Waals surface area (Å²) in [4.78, 5) is 2.22. The predicted molar refractivity (Wildman–Crippen MR) is 67.3 cm³/mol. The van der Waals surface area contributed by atoms with Gasteiger partial charge in [0.2, 0.25) is 0 Å². The summed E-state index contributed by atoms with van der Waals surface area (Å²) >= 11 is 0. The van der Waals surface area contributed by atoms with E-state index < -0.39 is 11.6 Å². The van der Waals surface area contributed by atoms with Crippen LogP contribution in [0.2, 0.25) is 0 Å². The number of likely N-dealkylation sites (tertiary alicyclic amines) is 1. The average molecular weight is 263 g/mol. The van der Waals surface area contributed by atoms with Crippen LogP contribution in [0.15, 0.2) is 30.5 Å². The molecule has 5 heteroatoms. The lowest BCUT2D eigenvalue weighted by atomic mass is 10.1. The van der Waals surface area contributed by atoms with E-state index in [1.54, 1.807) is 6.20 Å². The molecule has 2 heterocycles. The van der Waals surface area contributed by atoms with Gasteiger partial charge in [-0.1, -0.05) is 0 Å². The molecule has 100 valence electrons. The van der Waals surface area contributed by atoms with Crippen molar-refractivity contribution in [1.29, 1.82) is 0 Å². The quantitative estimate of drug-likeness (QED) is 0.923. The number of halogens is 2. The summed E-state index contributed by atoms with van der Waals surface area (Å²) < 4.78 is 26.4. The molecule has 1 fully saturated rings. The van der Waals surface area contributed by atoms with E-state index in [4.69, 9.17) is 0 Å². The second kappa shape index (κ2) is 5.09. The minimum Gasteiger partial charge on any atom is -0.291 e. The Bertz CT molecular complexity index is 534. The van der Waals surface area contributed by atoms with Gasteiger partial charge in [-0.25, -0.2) is 8.78 Å². The highest BCUT2D eigenvalue weighted by molar-refractivity contribution is 5.19. The normalized spacial score (nSPS) is 20.0. The smallest absolute Gasteiger partial charge is 0.126 e. The van der Waals surface area contributed by atoms with Crippen LogP contribution in [0.4, 0.5) is 8.78 Å². The van der Waals surface area contributed by atoms with E-state index in [1.807, 2.05) is 6.07 Å². The van der Waals surface area contributed by atoms with Gasteiger partial charge < -0.3 is 0 Å². The third kappa shape index (κ3) is 2.66. The molecule has 0 saturated carbocycles. The molecule has 2 aromatic rings. The van der Waals surface area contributed by atoms with Gasteiger partial charge in [-0.2, -0.15) is 5.10 Å². The number of rotatable bonds is 3.